The van der Waals surface area contributed by atoms with Crippen molar-refractivity contribution in [1.82, 2.24) is 16.1 Å². The normalized spacial score (nSPS) is 21.1. The Morgan fingerprint density at radius 3 is 2.60 bits per heavy atom. The molecule has 3 N–H and O–H groups in total. The van der Waals surface area contributed by atoms with Crippen LogP contribution in [0.2, 0.25) is 0 Å². The van der Waals surface area contributed by atoms with Gasteiger partial charge in [-0.15, -0.1) is 0 Å². The van der Waals surface area contributed by atoms with Crippen molar-refractivity contribution >= 4 is 0 Å². The first-order valence-electron chi connectivity index (χ1n) is 8.33. The van der Waals surface area contributed by atoms with Gasteiger partial charge in [0.15, 0.2) is 0 Å². The molecule has 0 aliphatic heterocycles. The molecule has 0 amide bonds. The average Bonchev–Trinajstić information content (AvgIpc) is 2.47. The van der Waals surface area contributed by atoms with Crippen molar-refractivity contribution < 1.29 is 4.84 Å². The van der Waals surface area contributed by atoms with Crippen LogP contribution in [0.25, 0.3) is 0 Å². The summed E-state index contributed by atoms with van der Waals surface area (Å²) in [5, 5.41) is 7.22. The minimum absolute atomic E-state index is 0.504. The molecule has 118 valence electrons. The van der Waals surface area contributed by atoms with E-state index in [-0.39, 0.29) is 0 Å². The fraction of sp³-hybridized carbons (Fsp3) is 0.875. The molecule has 0 spiro atoms. The summed E-state index contributed by atoms with van der Waals surface area (Å²) in [6.07, 6.45) is 5.85. The van der Waals surface area contributed by atoms with Gasteiger partial charge in [-0.1, -0.05) is 20.8 Å². The van der Waals surface area contributed by atoms with Gasteiger partial charge in [0.2, 0.25) is 0 Å². The van der Waals surface area contributed by atoms with Crippen LogP contribution in [0.15, 0.2) is 11.3 Å². The van der Waals surface area contributed by atoms with Crippen LogP contribution in [0.3, 0.4) is 0 Å². The van der Waals surface area contributed by atoms with E-state index in [1.165, 1.54) is 24.1 Å². The Morgan fingerprint density at radius 2 is 2.00 bits per heavy atom. The summed E-state index contributed by atoms with van der Waals surface area (Å²) in [6, 6.07) is 1.07. The van der Waals surface area contributed by atoms with Crippen LogP contribution in [-0.2, 0) is 4.84 Å². The Morgan fingerprint density at radius 1 is 1.20 bits per heavy atom. The second kappa shape index (κ2) is 10.2. The zero-order chi connectivity index (χ0) is 14.8. The maximum Gasteiger partial charge on any atom is 0.0717 e. The van der Waals surface area contributed by atoms with E-state index in [1.54, 1.807) is 0 Å². The maximum absolute atomic E-state index is 5.45. The summed E-state index contributed by atoms with van der Waals surface area (Å²) in [5.74, 6) is 0. The maximum atomic E-state index is 5.45. The van der Waals surface area contributed by atoms with Gasteiger partial charge in [0.05, 0.1) is 6.61 Å². The first kappa shape index (κ1) is 17.5. The predicted molar refractivity (Wildman–Crippen MR) is 85.5 cm³/mol. The molecule has 2 atom stereocenters. The lowest BCUT2D eigenvalue weighted by atomic mass is 9.86. The van der Waals surface area contributed by atoms with Gasteiger partial charge < -0.3 is 10.6 Å². The number of allylic oxidation sites excluding steroid dienone is 1. The third-order valence-corrected chi connectivity index (χ3v) is 3.97. The Kier molecular flexibility index (Phi) is 8.90. The molecule has 0 saturated carbocycles. The van der Waals surface area contributed by atoms with Crippen molar-refractivity contribution in [2.45, 2.75) is 71.9 Å². The van der Waals surface area contributed by atoms with Crippen LogP contribution in [0.5, 0.6) is 0 Å². The minimum atomic E-state index is 0.504. The molecule has 0 bridgehead atoms. The number of hydroxylamine groups is 1. The van der Waals surface area contributed by atoms with Gasteiger partial charge in [0.1, 0.15) is 0 Å². The molecule has 1 aliphatic carbocycles. The average molecular weight is 283 g/mol. The molecule has 2 unspecified atom stereocenters. The van der Waals surface area contributed by atoms with E-state index in [0.717, 1.165) is 32.4 Å². The summed E-state index contributed by atoms with van der Waals surface area (Å²) >= 11 is 0. The highest BCUT2D eigenvalue weighted by molar-refractivity contribution is 5.22. The Balaban J connectivity index is 2.82. The van der Waals surface area contributed by atoms with Gasteiger partial charge in [-0.2, -0.15) is 0 Å². The van der Waals surface area contributed by atoms with Crippen LogP contribution < -0.4 is 16.1 Å². The van der Waals surface area contributed by atoms with Gasteiger partial charge in [-0.3, -0.25) is 10.3 Å². The van der Waals surface area contributed by atoms with Crippen LogP contribution in [0.1, 0.15) is 59.8 Å². The van der Waals surface area contributed by atoms with Crippen molar-refractivity contribution in [1.29, 1.82) is 0 Å². The third-order valence-electron chi connectivity index (χ3n) is 3.97. The lowest BCUT2D eigenvalue weighted by Crippen LogP contribution is -2.39. The lowest BCUT2D eigenvalue weighted by molar-refractivity contribution is 0.0678. The van der Waals surface area contributed by atoms with E-state index in [0.29, 0.717) is 18.7 Å². The van der Waals surface area contributed by atoms with Crippen molar-refractivity contribution in [3.05, 3.63) is 11.3 Å². The number of rotatable bonds is 10. The molecule has 0 saturated heterocycles. The molecular weight excluding hydrogens is 250 g/mol. The Labute approximate surface area is 124 Å². The van der Waals surface area contributed by atoms with E-state index in [4.69, 9.17) is 4.84 Å². The predicted octanol–water partition coefficient (Wildman–Crippen LogP) is 2.72. The molecule has 0 heterocycles. The third kappa shape index (κ3) is 5.43. The Bertz CT molecular complexity index is 291. The van der Waals surface area contributed by atoms with Crippen LogP contribution in [-0.4, -0.2) is 31.8 Å². The number of hydrogen-bond acceptors (Lipinski definition) is 4. The molecule has 1 aliphatic rings. The second-order valence-corrected chi connectivity index (χ2v) is 5.41. The fourth-order valence-corrected chi connectivity index (χ4v) is 2.96. The van der Waals surface area contributed by atoms with Crippen LogP contribution in [0.4, 0.5) is 0 Å². The van der Waals surface area contributed by atoms with Gasteiger partial charge in [-0.05, 0) is 57.7 Å². The monoisotopic (exact) mass is 283 g/mol. The van der Waals surface area contributed by atoms with E-state index in [2.05, 4.69) is 36.9 Å². The standard InChI is InChI=1S/C16H33N3O/c1-5-13(17-6-2)12-14-15(18-7-3)10-9-11-16(14)19-20-8-4/h13,15,17-19H,5-12H2,1-4H3. The zero-order valence-corrected chi connectivity index (χ0v) is 13.7. The quantitative estimate of drug-likeness (QED) is 0.540. The van der Waals surface area contributed by atoms with Crippen molar-refractivity contribution in [2.75, 3.05) is 19.7 Å². The molecule has 1 rings (SSSR count). The van der Waals surface area contributed by atoms with Crippen molar-refractivity contribution in [3.8, 4) is 0 Å². The first-order chi connectivity index (χ1) is 9.76. The molecule has 4 nitrogen and oxygen atoms in total. The molecule has 0 aromatic rings. The highest BCUT2D eigenvalue weighted by atomic mass is 16.6. The van der Waals surface area contributed by atoms with E-state index in [1.807, 2.05) is 6.92 Å². The molecule has 0 radical (unpaired) electrons. The summed E-state index contributed by atoms with van der Waals surface area (Å²) < 4.78 is 0. The summed E-state index contributed by atoms with van der Waals surface area (Å²) in [7, 11) is 0. The molecular formula is C16H33N3O. The molecule has 0 aromatic carbocycles. The smallest absolute Gasteiger partial charge is 0.0717 e. The highest BCUT2D eigenvalue weighted by Crippen LogP contribution is 2.27. The minimum Gasteiger partial charge on any atom is -0.314 e. The zero-order valence-electron chi connectivity index (χ0n) is 13.7. The van der Waals surface area contributed by atoms with Gasteiger partial charge in [0.25, 0.3) is 0 Å². The SMILES string of the molecule is CCNC(CC)CC1=C(NOCC)CCCC1NCC. The first-order valence-corrected chi connectivity index (χ1v) is 8.33. The second-order valence-electron chi connectivity index (χ2n) is 5.41. The lowest BCUT2D eigenvalue weighted by Gasteiger charge is -2.32. The van der Waals surface area contributed by atoms with Crippen molar-refractivity contribution in [2.24, 2.45) is 0 Å². The number of likely N-dealkylation sites (N-methyl/N-ethyl adjacent to an activating group) is 1. The topological polar surface area (TPSA) is 45.3 Å². The summed E-state index contributed by atoms with van der Waals surface area (Å²) in [5.41, 5.74) is 6.01. The van der Waals surface area contributed by atoms with Gasteiger partial charge in [-0.25, -0.2) is 0 Å². The highest BCUT2D eigenvalue weighted by Gasteiger charge is 2.24. The largest absolute Gasteiger partial charge is 0.314 e. The number of nitrogens with one attached hydrogen (secondary N) is 3. The molecule has 0 fully saturated rings. The van der Waals surface area contributed by atoms with Gasteiger partial charge in [0, 0.05) is 17.8 Å². The van der Waals surface area contributed by atoms with Crippen LogP contribution >= 0.6 is 0 Å². The summed E-state index contributed by atoms with van der Waals surface area (Å²) in [4.78, 5) is 5.45. The fourth-order valence-electron chi connectivity index (χ4n) is 2.96. The van der Waals surface area contributed by atoms with Gasteiger partial charge >= 0.3 is 0 Å². The molecule has 0 aromatic heterocycles. The van der Waals surface area contributed by atoms with E-state index < -0.39 is 0 Å². The summed E-state index contributed by atoms with van der Waals surface area (Å²) in [6.45, 7) is 11.4. The van der Waals surface area contributed by atoms with E-state index >= 15 is 0 Å². The molecule has 20 heavy (non-hydrogen) atoms. The number of hydrogen-bond donors (Lipinski definition) is 3. The van der Waals surface area contributed by atoms with E-state index in [9.17, 15) is 0 Å². The Hall–Kier alpha value is -0.580. The van der Waals surface area contributed by atoms with Crippen molar-refractivity contribution in [3.63, 3.8) is 0 Å². The molecule has 4 heteroatoms. The van der Waals surface area contributed by atoms with Crippen LogP contribution in [0, 0.1) is 0 Å².